The fourth-order valence-electron chi connectivity index (χ4n) is 3.16. The van der Waals surface area contributed by atoms with Crippen LogP contribution < -0.4 is 5.32 Å². The zero-order valence-corrected chi connectivity index (χ0v) is 18.2. The Morgan fingerprint density at radius 3 is 2.50 bits per heavy atom. The van der Waals surface area contributed by atoms with E-state index in [4.69, 9.17) is 4.74 Å². The van der Waals surface area contributed by atoms with Gasteiger partial charge in [-0.25, -0.2) is 4.79 Å². The molecule has 1 N–H and O–H groups in total. The lowest BCUT2D eigenvalue weighted by Crippen LogP contribution is -2.28. The molecule has 1 aromatic heterocycles. The van der Waals surface area contributed by atoms with Gasteiger partial charge in [-0.1, -0.05) is 42.5 Å². The van der Waals surface area contributed by atoms with E-state index in [0.29, 0.717) is 18.7 Å². The van der Waals surface area contributed by atoms with Crippen molar-refractivity contribution in [2.24, 2.45) is 0 Å². The van der Waals surface area contributed by atoms with Gasteiger partial charge in [-0.2, -0.15) is 5.10 Å². The highest BCUT2D eigenvalue weighted by Gasteiger charge is 2.16. The van der Waals surface area contributed by atoms with E-state index < -0.39 is 5.97 Å². The van der Waals surface area contributed by atoms with Crippen LogP contribution in [0.2, 0.25) is 0 Å². The molecule has 0 aliphatic carbocycles. The van der Waals surface area contributed by atoms with Crippen LogP contribution in [0.3, 0.4) is 0 Å². The number of esters is 1. The molecule has 2 aromatic carbocycles. The number of aromatic nitrogens is 2. The first-order chi connectivity index (χ1) is 14.5. The summed E-state index contributed by atoms with van der Waals surface area (Å²) < 4.78 is 7.12. The van der Waals surface area contributed by atoms with Crippen LogP contribution in [0.1, 0.15) is 32.9 Å². The van der Waals surface area contributed by atoms with Gasteiger partial charge in [-0.15, -0.1) is 11.8 Å². The van der Waals surface area contributed by atoms with Crippen LogP contribution in [-0.4, -0.2) is 34.5 Å². The second-order valence-electron chi connectivity index (χ2n) is 6.85. The van der Waals surface area contributed by atoms with Crippen LogP contribution >= 0.6 is 11.8 Å². The number of rotatable bonds is 8. The summed E-state index contributed by atoms with van der Waals surface area (Å²) in [5.74, 6) is -0.849. The van der Waals surface area contributed by atoms with Crippen LogP contribution in [-0.2, 0) is 22.6 Å². The van der Waals surface area contributed by atoms with Crippen molar-refractivity contribution >= 4 is 23.6 Å². The van der Waals surface area contributed by atoms with Gasteiger partial charge in [0.15, 0.2) is 6.61 Å². The van der Waals surface area contributed by atoms with E-state index in [1.807, 2.05) is 55.1 Å². The van der Waals surface area contributed by atoms with Crippen LogP contribution in [0.25, 0.3) is 0 Å². The van der Waals surface area contributed by atoms with Gasteiger partial charge in [0.1, 0.15) is 0 Å². The number of benzene rings is 2. The number of ether oxygens (including phenoxy) is 1. The fourth-order valence-corrected chi connectivity index (χ4v) is 3.75. The quantitative estimate of drug-likeness (QED) is 0.441. The Hall–Kier alpha value is -3.06. The second-order valence-corrected chi connectivity index (χ2v) is 7.69. The molecule has 0 aliphatic heterocycles. The smallest absolute Gasteiger partial charge is 0.339 e. The molecule has 0 atom stereocenters. The summed E-state index contributed by atoms with van der Waals surface area (Å²) in [6.45, 7) is 4.61. The molecule has 30 heavy (non-hydrogen) atoms. The monoisotopic (exact) mass is 423 g/mol. The van der Waals surface area contributed by atoms with E-state index in [1.54, 1.807) is 12.1 Å². The topological polar surface area (TPSA) is 73.2 Å². The van der Waals surface area contributed by atoms with Crippen molar-refractivity contribution in [3.05, 3.63) is 82.7 Å². The number of hydrogen-bond donors (Lipinski definition) is 1. The number of hydrogen-bond acceptors (Lipinski definition) is 5. The lowest BCUT2D eigenvalue weighted by molar-refractivity contribution is -0.124. The molecular formula is C23H25N3O3S. The van der Waals surface area contributed by atoms with E-state index in [1.165, 1.54) is 11.8 Å². The van der Waals surface area contributed by atoms with Crippen LogP contribution in [0.4, 0.5) is 0 Å². The molecule has 0 spiro atoms. The van der Waals surface area contributed by atoms with Gasteiger partial charge in [-0.05, 0) is 37.8 Å². The Kier molecular flexibility index (Phi) is 7.30. The first-order valence-electron chi connectivity index (χ1n) is 9.63. The fraction of sp³-hybridized carbons (Fsp3) is 0.261. The normalized spacial score (nSPS) is 10.6. The van der Waals surface area contributed by atoms with Gasteiger partial charge in [0.05, 0.1) is 17.8 Å². The van der Waals surface area contributed by atoms with Crippen molar-refractivity contribution in [2.75, 3.05) is 12.9 Å². The standard InChI is InChI=1S/C23H25N3O3S/c1-16-20(17(2)26(25-16)14-18-9-5-4-6-10-18)13-24-22(27)15-29-23(28)19-11-7-8-12-21(19)30-3/h4-12H,13-15H2,1-3H3,(H,24,27). The minimum atomic E-state index is -0.502. The molecule has 6 nitrogen and oxygen atoms in total. The number of amides is 1. The van der Waals surface area contributed by atoms with Crippen molar-refractivity contribution in [3.8, 4) is 0 Å². The maximum absolute atomic E-state index is 12.3. The Balaban J connectivity index is 1.55. The Morgan fingerprint density at radius 2 is 1.77 bits per heavy atom. The highest BCUT2D eigenvalue weighted by Crippen LogP contribution is 2.20. The van der Waals surface area contributed by atoms with Crippen molar-refractivity contribution < 1.29 is 14.3 Å². The molecule has 1 heterocycles. The van der Waals surface area contributed by atoms with Crippen LogP contribution in [0.15, 0.2) is 59.5 Å². The molecule has 7 heteroatoms. The Labute approximate surface area is 180 Å². The van der Waals surface area contributed by atoms with Crippen molar-refractivity contribution in [1.82, 2.24) is 15.1 Å². The molecule has 0 bridgehead atoms. The molecule has 3 aromatic rings. The molecular weight excluding hydrogens is 398 g/mol. The third kappa shape index (κ3) is 5.30. The number of aryl methyl sites for hydroxylation is 1. The minimum absolute atomic E-state index is 0.322. The highest BCUT2D eigenvalue weighted by molar-refractivity contribution is 7.98. The van der Waals surface area contributed by atoms with Crippen molar-refractivity contribution in [1.29, 1.82) is 0 Å². The highest BCUT2D eigenvalue weighted by atomic mass is 32.2. The number of carbonyl (C=O) groups excluding carboxylic acids is 2. The summed E-state index contributed by atoms with van der Waals surface area (Å²) >= 11 is 1.46. The summed E-state index contributed by atoms with van der Waals surface area (Å²) in [5.41, 5.74) is 4.47. The van der Waals surface area contributed by atoms with E-state index in [0.717, 1.165) is 27.4 Å². The predicted molar refractivity (Wildman–Crippen MR) is 118 cm³/mol. The molecule has 0 unspecified atom stereocenters. The molecule has 0 saturated heterocycles. The van der Waals surface area contributed by atoms with E-state index in [2.05, 4.69) is 22.5 Å². The molecule has 0 fully saturated rings. The summed E-state index contributed by atoms with van der Waals surface area (Å²) in [6, 6.07) is 17.3. The number of nitrogens with one attached hydrogen (secondary N) is 1. The molecule has 3 rings (SSSR count). The first kappa shape index (κ1) is 21.6. The van der Waals surface area contributed by atoms with Crippen LogP contribution in [0, 0.1) is 13.8 Å². The van der Waals surface area contributed by atoms with Crippen molar-refractivity contribution in [2.45, 2.75) is 31.8 Å². The van der Waals surface area contributed by atoms with Gasteiger partial charge in [0.25, 0.3) is 5.91 Å². The molecule has 0 saturated carbocycles. The summed E-state index contributed by atoms with van der Waals surface area (Å²) in [7, 11) is 0. The third-order valence-corrected chi connectivity index (χ3v) is 5.63. The summed E-state index contributed by atoms with van der Waals surface area (Å²) in [4.78, 5) is 25.3. The SMILES string of the molecule is CSc1ccccc1C(=O)OCC(=O)NCc1c(C)nn(Cc2ccccc2)c1C. The second kappa shape index (κ2) is 10.1. The summed E-state index contributed by atoms with van der Waals surface area (Å²) in [6.07, 6.45) is 1.89. The average Bonchev–Trinajstić information content (AvgIpc) is 3.03. The molecule has 156 valence electrons. The van der Waals surface area contributed by atoms with E-state index in [9.17, 15) is 9.59 Å². The Morgan fingerprint density at radius 1 is 1.07 bits per heavy atom. The Bertz CT molecular complexity index is 1030. The number of thioether (sulfide) groups is 1. The third-order valence-electron chi connectivity index (χ3n) is 4.83. The average molecular weight is 424 g/mol. The van der Waals surface area contributed by atoms with Gasteiger partial charge in [-0.3, -0.25) is 9.48 Å². The zero-order chi connectivity index (χ0) is 21.5. The maximum Gasteiger partial charge on any atom is 0.339 e. The van der Waals surface area contributed by atoms with Crippen LogP contribution in [0.5, 0.6) is 0 Å². The van der Waals surface area contributed by atoms with Crippen molar-refractivity contribution in [3.63, 3.8) is 0 Å². The van der Waals surface area contributed by atoms with E-state index >= 15 is 0 Å². The van der Waals surface area contributed by atoms with Gasteiger partial charge in [0, 0.05) is 22.7 Å². The summed E-state index contributed by atoms with van der Waals surface area (Å²) in [5, 5.41) is 7.41. The number of nitrogens with zero attached hydrogens (tertiary/aromatic N) is 2. The minimum Gasteiger partial charge on any atom is -0.452 e. The molecule has 0 aliphatic rings. The van der Waals surface area contributed by atoms with Gasteiger partial charge >= 0.3 is 5.97 Å². The molecule has 0 radical (unpaired) electrons. The van der Waals surface area contributed by atoms with Gasteiger partial charge < -0.3 is 10.1 Å². The van der Waals surface area contributed by atoms with E-state index in [-0.39, 0.29) is 12.5 Å². The predicted octanol–water partition coefficient (Wildman–Crippen LogP) is 3.74. The first-order valence-corrected chi connectivity index (χ1v) is 10.9. The zero-order valence-electron chi connectivity index (χ0n) is 17.3. The lowest BCUT2D eigenvalue weighted by atomic mass is 10.2. The van der Waals surface area contributed by atoms with Gasteiger partial charge in [0.2, 0.25) is 0 Å². The largest absolute Gasteiger partial charge is 0.452 e. The maximum atomic E-state index is 12.3. The lowest BCUT2D eigenvalue weighted by Gasteiger charge is -2.09. The number of carbonyl (C=O) groups is 2. The molecule has 1 amide bonds.